The molecule has 0 fully saturated rings. The third-order valence-electron chi connectivity index (χ3n) is 2.33. The summed E-state index contributed by atoms with van der Waals surface area (Å²) >= 11 is 0. The first kappa shape index (κ1) is 11.0. The largest absolute Gasteiger partial charge is 0.294 e. The van der Waals surface area contributed by atoms with Gasteiger partial charge in [-0.2, -0.15) is 0 Å². The lowest BCUT2D eigenvalue weighted by Gasteiger charge is -2.12. The van der Waals surface area contributed by atoms with E-state index in [0.717, 1.165) is 12.0 Å². The van der Waals surface area contributed by atoms with Crippen LogP contribution in [0.15, 0.2) is 30.3 Å². The summed E-state index contributed by atoms with van der Waals surface area (Å²) in [5, 5.41) is 0. The summed E-state index contributed by atoms with van der Waals surface area (Å²) in [7, 11) is 0. The van der Waals surface area contributed by atoms with Crippen molar-refractivity contribution >= 4 is 5.78 Å². The number of rotatable bonds is 4. The Morgan fingerprint density at radius 2 is 1.71 bits per heavy atom. The van der Waals surface area contributed by atoms with Gasteiger partial charge >= 0.3 is 0 Å². The smallest absolute Gasteiger partial charge is 0.165 e. The Labute approximate surface area is 86.1 Å². The molecule has 1 aromatic carbocycles. The van der Waals surface area contributed by atoms with Gasteiger partial charge in [-0.05, 0) is 12.3 Å². The van der Waals surface area contributed by atoms with Gasteiger partial charge in [-0.3, -0.25) is 4.79 Å². The van der Waals surface area contributed by atoms with E-state index in [4.69, 9.17) is 0 Å². The first-order chi connectivity index (χ1) is 6.61. The average molecular weight is 190 g/mol. The molecule has 0 amide bonds. The van der Waals surface area contributed by atoms with Crippen LogP contribution in [0.2, 0.25) is 0 Å². The Hall–Kier alpha value is -1.11. The molecule has 1 atom stereocenters. The van der Waals surface area contributed by atoms with E-state index in [2.05, 4.69) is 13.8 Å². The van der Waals surface area contributed by atoms with Crippen LogP contribution in [0.1, 0.15) is 37.6 Å². The summed E-state index contributed by atoms with van der Waals surface area (Å²) in [6, 6.07) is 9.53. The van der Waals surface area contributed by atoms with Gasteiger partial charge in [0.1, 0.15) is 0 Å². The highest BCUT2D eigenvalue weighted by Crippen LogP contribution is 2.16. The first-order valence-corrected chi connectivity index (χ1v) is 5.20. The fourth-order valence-electron chi connectivity index (χ4n) is 1.70. The molecule has 0 unspecified atom stereocenters. The number of carbonyl (C=O) groups excluding carboxylic acids is 1. The van der Waals surface area contributed by atoms with E-state index in [9.17, 15) is 4.79 Å². The summed E-state index contributed by atoms with van der Waals surface area (Å²) < 4.78 is 0. The lowest BCUT2D eigenvalue weighted by molar-refractivity contribution is 0.0915. The summed E-state index contributed by atoms with van der Waals surface area (Å²) in [5.41, 5.74) is 0.834. The number of hydrogen-bond donors (Lipinski definition) is 0. The first-order valence-electron chi connectivity index (χ1n) is 5.20. The Kier molecular flexibility index (Phi) is 3.87. The number of carbonyl (C=O) groups is 1. The molecular formula is C13H18O. The molecule has 0 aliphatic carbocycles. The van der Waals surface area contributed by atoms with Crippen LogP contribution in [0, 0.1) is 11.8 Å². The topological polar surface area (TPSA) is 17.1 Å². The van der Waals surface area contributed by atoms with Gasteiger partial charge in [-0.25, -0.2) is 0 Å². The Bertz CT molecular complexity index is 287. The Morgan fingerprint density at radius 3 is 2.21 bits per heavy atom. The van der Waals surface area contributed by atoms with Gasteiger partial charge in [-0.1, -0.05) is 51.1 Å². The van der Waals surface area contributed by atoms with Crippen molar-refractivity contribution in [3.8, 4) is 0 Å². The van der Waals surface area contributed by atoms with Gasteiger partial charge in [0.15, 0.2) is 5.78 Å². The molecule has 14 heavy (non-hydrogen) atoms. The highest BCUT2D eigenvalue weighted by Gasteiger charge is 2.15. The van der Waals surface area contributed by atoms with Crippen LogP contribution in [-0.4, -0.2) is 5.78 Å². The van der Waals surface area contributed by atoms with Gasteiger partial charge in [0.2, 0.25) is 0 Å². The molecule has 0 radical (unpaired) electrons. The molecule has 0 aliphatic heterocycles. The molecule has 0 N–H and O–H groups in total. The number of hydrogen-bond acceptors (Lipinski definition) is 1. The lowest BCUT2D eigenvalue weighted by Crippen LogP contribution is -2.13. The van der Waals surface area contributed by atoms with Gasteiger partial charge in [0, 0.05) is 11.5 Å². The number of Topliss-reactive ketones (excluding diaryl/α,β-unsaturated/α-hetero) is 1. The molecule has 1 nitrogen and oxygen atoms in total. The van der Waals surface area contributed by atoms with Crippen LogP contribution in [0.25, 0.3) is 0 Å². The Balaban J connectivity index is 2.66. The van der Waals surface area contributed by atoms with Crippen LogP contribution in [0.4, 0.5) is 0 Å². The van der Waals surface area contributed by atoms with Gasteiger partial charge in [-0.15, -0.1) is 0 Å². The van der Waals surface area contributed by atoms with Crippen molar-refractivity contribution < 1.29 is 4.79 Å². The van der Waals surface area contributed by atoms with Gasteiger partial charge < -0.3 is 0 Å². The zero-order valence-electron chi connectivity index (χ0n) is 9.16. The minimum Gasteiger partial charge on any atom is -0.294 e. The van der Waals surface area contributed by atoms with Crippen molar-refractivity contribution in [2.24, 2.45) is 11.8 Å². The number of ketones is 1. The van der Waals surface area contributed by atoms with Crippen LogP contribution in [0.3, 0.4) is 0 Å². The average Bonchev–Trinajstić information content (AvgIpc) is 2.17. The molecule has 1 aromatic rings. The maximum Gasteiger partial charge on any atom is 0.165 e. The van der Waals surface area contributed by atoms with E-state index in [-0.39, 0.29) is 11.7 Å². The zero-order chi connectivity index (χ0) is 10.6. The van der Waals surface area contributed by atoms with Crippen molar-refractivity contribution in [1.82, 2.24) is 0 Å². The molecule has 0 aromatic heterocycles. The van der Waals surface area contributed by atoms with Crippen LogP contribution < -0.4 is 0 Å². The quantitative estimate of drug-likeness (QED) is 0.663. The predicted molar refractivity (Wildman–Crippen MR) is 59.4 cm³/mol. The van der Waals surface area contributed by atoms with Crippen LogP contribution in [0.5, 0.6) is 0 Å². The molecule has 1 heteroatoms. The third kappa shape index (κ3) is 2.99. The second-order valence-electron chi connectivity index (χ2n) is 4.26. The fraction of sp³-hybridized carbons (Fsp3) is 0.462. The van der Waals surface area contributed by atoms with Crippen molar-refractivity contribution in [2.45, 2.75) is 27.2 Å². The van der Waals surface area contributed by atoms with Gasteiger partial charge in [0.05, 0.1) is 0 Å². The number of benzene rings is 1. The second-order valence-corrected chi connectivity index (χ2v) is 4.26. The molecule has 1 rings (SSSR count). The standard InChI is InChI=1S/C13H18O/c1-10(2)9-11(3)13(14)12-7-5-4-6-8-12/h4-8,10-11H,9H2,1-3H3/t11-/m0/s1. The van der Waals surface area contributed by atoms with E-state index in [1.807, 2.05) is 37.3 Å². The summed E-state index contributed by atoms with van der Waals surface area (Å²) in [4.78, 5) is 11.9. The second kappa shape index (κ2) is 4.94. The molecule has 0 bridgehead atoms. The van der Waals surface area contributed by atoms with Gasteiger partial charge in [0.25, 0.3) is 0 Å². The fourth-order valence-corrected chi connectivity index (χ4v) is 1.70. The minimum atomic E-state index is 0.136. The molecule has 0 saturated carbocycles. The molecule has 0 spiro atoms. The third-order valence-corrected chi connectivity index (χ3v) is 2.33. The van der Waals surface area contributed by atoms with Crippen molar-refractivity contribution in [3.63, 3.8) is 0 Å². The predicted octanol–water partition coefficient (Wildman–Crippen LogP) is 3.55. The van der Waals surface area contributed by atoms with E-state index < -0.39 is 0 Å². The summed E-state index contributed by atoms with van der Waals surface area (Å²) in [6.45, 7) is 6.30. The van der Waals surface area contributed by atoms with Crippen molar-refractivity contribution in [1.29, 1.82) is 0 Å². The lowest BCUT2D eigenvalue weighted by atomic mass is 9.91. The van der Waals surface area contributed by atoms with Crippen molar-refractivity contribution in [2.75, 3.05) is 0 Å². The zero-order valence-corrected chi connectivity index (χ0v) is 9.16. The Morgan fingerprint density at radius 1 is 1.14 bits per heavy atom. The normalized spacial score (nSPS) is 12.9. The van der Waals surface area contributed by atoms with E-state index >= 15 is 0 Å². The maximum absolute atomic E-state index is 11.9. The van der Waals surface area contributed by atoms with Crippen LogP contribution in [-0.2, 0) is 0 Å². The highest BCUT2D eigenvalue weighted by atomic mass is 16.1. The molecule has 0 aliphatic rings. The summed E-state index contributed by atoms with van der Waals surface area (Å²) in [6.07, 6.45) is 0.966. The molecule has 76 valence electrons. The van der Waals surface area contributed by atoms with Crippen molar-refractivity contribution in [3.05, 3.63) is 35.9 Å². The molecule has 0 saturated heterocycles. The SMILES string of the molecule is CC(C)C[C@H](C)C(=O)c1ccccc1. The monoisotopic (exact) mass is 190 g/mol. The van der Waals surface area contributed by atoms with E-state index in [1.54, 1.807) is 0 Å². The van der Waals surface area contributed by atoms with E-state index in [1.165, 1.54) is 0 Å². The molecular weight excluding hydrogens is 172 g/mol. The van der Waals surface area contributed by atoms with E-state index in [0.29, 0.717) is 5.92 Å². The maximum atomic E-state index is 11.9. The molecule has 0 heterocycles. The minimum absolute atomic E-state index is 0.136. The highest BCUT2D eigenvalue weighted by molar-refractivity contribution is 5.97. The van der Waals surface area contributed by atoms with Crippen LogP contribution >= 0.6 is 0 Å². The summed E-state index contributed by atoms with van der Waals surface area (Å²) in [5.74, 6) is 0.981.